The predicted molar refractivity (Wildman–Crippen MR) is 102 cm³/mol. The van der Waals surface area contributed by atoms with Crippen molar-refractivity contribution in [3.05, 3.63) is 21.4 Å². The molecule has 3 aliphatic rings. The van der Waals surface area contributed by atoms with Gasteiger partial charge in [-0.3, -0.25) is 9.59 Å². The predicted octanol–water partition coefficient (Wildman–Crippen LogP) is 0.694. The van der Waals surface area contributed by atoms with Gasteiger partial charge in [0.25, 0.3) is 5.91 Å². The lowest BCUT2D eigenvalue weighted by Gasteiger charge is -2.43. The van der Waals surface area contributed by atoms with Crippen molar-refractivity contribution in [1.82, 2.24) is 9.80 Å². The highest BCUT2D eigenvalue weighted by Crippen LogP contribution is 2.45. The quantitative estimate of drug-likeness (QED) is 0.788. The van der Waals surface area contributed by atoms with Gasteiger partial charge in [0.15, 0.2) is 0 Å². The molecule has 8 heteroatoms. The van der Waals surface area contributed by atoms with Crippen LogP contribution < -0.4 is 5.73 Å². The number of aliphatic hydroxyl groups excluding tert-OH is 1. The normalized spacial score (nSPS) is 24.3. The lowest BCUT2D eigenvalue weighted by atomic mass is 9.85. The van der Waals surface area contributed by atoms with Crippen LogP contribution in [-0.2, 0) is 21.6 Å². The number of carbonyl (C=O) groups excluding carboxylic acids is 2. The van der Waals surface area contributed by atoms with E-state index in [9.17, 15) is 14.7 Å². The number of rotatable bonds is 3. The van der Waals surface area contributed by atoms with Crippen LogP contribution in [0.1, 0.15) is 45.8 Å². The van der Waals surface area contributed by atoms with Gasteiger partial charge in [-0.2, -0.15) is 0 Å². The Hall–Kier alpha value is -1.48. The number of likely N-dealkylation sites (tertiary alicyclic amines) is 2. The second kappa shape index (κ2) is 7.50. The molecule has 3 aliphatic heterocycles. The summed E-state index contributed by atoms with van der Waals surface area (Å²) in [7, 11) is 0. The molecule has 1 aromatic rings. The van der Waals surface area contributed by atoms with Gasteiger partial charge in [-0.15, -0.1) is 11.3 Å². The molecule has 1 aromatic heterocycles. The first kappa shape index (κ1) is 18.9. The molecule has 3 N–H and O–H groups in total. The zero-order valence-corrected chi connectivity index (χ0v) is 16.3. The summed E-state index contributed by atoms with van der Waals surface area (Å²) in [6, 6.07) is 1.96. The Morgan fingerprint density at radius 2 is 2.11 bits per heavy atom. The maximum atomic E-state index is 13.0. The lowest BCUT2D eigenvalue weighted by Crippen LogP contribution is -2.49. The van der Waals surface area contributed by atoms with Gasteiger partial charge in [0.2, 0.25) is 5.91 Å². The Morgan fingerprint density at radius 1 is 1.33 bits per heavy atom. The summed E-state index contributed by atoms with van der Waals surface area (Å²) in [5.74, 6) is 0.00357. The van der Waals surface area contributed by atoms with Gasteiger partial charge in [0.1, 0.15) is 5.60 Å². The smallest absolute Gasteiger partial charge is 0.264 e. The van der Waals surface area contributed by atoms with Crippen LogP contribution >= 0.6 is 11.3 Å². The number of hydrogen-bond donors (Lipinski definition) is 2. The first-order chi connectivity index (χ1) is 13.1. The van der Waals surface area contributed by atoms with Crippen LogP contribution in [0.4, 0.5) is 0 Å². The number of piperidine rings is 1. The molecule has 7 nitrogen and oxygen atoms in total. The number of nitrogens with zero attached hydrogens (tertiary/aromatic N) is 2. The van der Waals surface area contributed by atoms with Gasteiger partial charge in [-0.25, -0.2) is 0 Å². The topological polar surface area (TPSA) is 96.1 Å². The van der Waals surface area contributed by atoms with Crippen LogP contribution in [0.25, 0.3) is 0 Å². The second-order valence-corrected chi connectivity index (χ2v) is 8.67. The molecule has 0 saturated carbocycles. The summed E-state index contributed by atoms with van der Waals surface area (Å²) in [6.45, 7) is 2.69. The maximum absolute atomic E-state index is 13.0. The van der Waals surface area contributed by atoms with Crippen molar-refractivity contribution in [2.24, 2.45) is 5.73 Å². The van der Waals surface area contributed by atoms with E-state index in [4.69, 9.17) is 10.5 Å². The Morgan fingerprint density at radius 3 is 2.81 bits per heavy atom. The van der Waals surface area contributed by atoms with E-state index in [1.807, 2.05) is 11.0 Å². The number of hydrogen-bond acceptors (Lipinski definition) is 6. The highest BCUT2D eigenvalue weighted by Gasteiger charge is 2.44. The van der Waals surface area contributed by atoms with E-state index >= 15 is 0 Å². The minimum absolute atomic E-state index is 0.0213. The van der Waals surface area contributed by atoms with E-state index in [0.29, 0.717) is 26.2 Å². The first-order valence-electron chi connectivity index (χ1n) is 9.75. The summed E-state index contributed by atoms with van der Waals surface area (Å²) in [5, 5.41) is 9.53. The van der Waals surface area contributed by atoms with Crippen LogP contribution in [0.2, 0.25) is 0 Å². The first-order valence-corrected chi connectivity index (χ1v) is 10.6. The molecule has 0 unspecified atom stereocenters. The van der Waals surface area contributed by atoms with Crippen LogP contribution in [-0.4, -0.2) is 72.2 Å². The highest BCUT2D eigenvalue weighted by molar-refractivity contribution is 7.14. The number of nitrogens with two attached hydrogens (primary N) is 1. The molecular formula is C19H27N3O4S. The third-order valence-corrected chi connectivity index (χ3v) is 7.48. The number of ether oxygens (including phenoxy) is 1. The van der Waals surface area contributed by atoms with Crippen LogP contribution in [0.5, 0.6) is 0 Å². The van der Waals surface area contributed by atoms with Crippen molar-refractivity contribution in [2.75, 3.05) is 39.4 Å². The summed E-state index contributed by atoms with van der Waals surface area (Å²) in [5.41, 5.74) is 6.30. The average molecular weight is 394 g/mol. The van der Waals surface area contributed by atoms with Crippen LogP contribution in [0, 0.1) is 0 Å². The highest BCUT2D eigenvalue weighted by atomic mass is 32.1. The fraction of sp³-hybridized carbons (Fsp3) is 0.684. The number of fused-ring (bicyclic) bond motifs is 2. The molecule has 4 rings (SSSR count). The van der Waals surface area contributed by atoms with Crippen molar-refractivity contribution >= 4 is 23.2 Å². The van der Waals surface area contributed by atoms with Gasteiger partial charge in [0.05, 0.1) is 30.7 Å². The largest absolute Gasteiger partial charge is 0.394 e. The molecule has 2 saturated heterocycles. The van der Waals surface area contributed by atoms with E-state index in [0.717, 1.165) is 41.9 Å². The fourth-order valence-corrected chi connectivity index (χ4v) is 5.95. The number of aliphatic hydroxyl groups is 1. The Bertz CT molecular complexity index is 727. The molecule has 148 valence electrons. The molecule has 2 amide bonds. The van der Waals surface area contributed by atoms with Crippen LogP contribution in [0.15, 0.2) is 6.07 Å². The summed E-state index contributed by atoms with van der Waals surface area (Å²) in [6.07, 6.45) is 4.10. The van der Waals surface area contributed by atoms with E-state index in [-0.39, 0.29) is 36.6 Å². The number of thiophene rings is 1. The van der Waals surface area contributed by atoms with Crippen molar-refractivity contribution in [3.8, 4) is 0 Å². The molecule has 2 fully saturated rings. The third kappa shape index (κ3) is 3.29. The van der Waals surface area contributed by atoms with Gasteiger partial charge in [-0.1, -0.05) is 0 Å². The SMILES string of the molecule is NCC(=O)N1CCC2(CC1)OCCc1cc(C(=O)N3CCC[C@@H]3CO)sc12. The van der Waals surface area contributed by atoms with E-state index in [2.05, 4.69) is 0 Å². The van der Waals surface area contributed by atoms with Crippen molar-refractivity contribution in [2.45, 2.75) is 43.7 Å². The van der Waals surface area contributed by atoms with E-state index in [1.54, 1.807) is 4.90 Å². The van der Waals surface area contributed by atoms with Crippen LogP contribution in [0.3, 0.4) is 0 Å². The summed E-state index contributed by atoms with van der Waals surface area (Å²) >= 11 is 1.54. The van der Waals surface area contributed by atoms with E-state index < -0.39 is 0 Å². The van der Waals surface area contributed by atoms with Gasteiger partial charge in [-0.05, 0) is 43.7 Å². The molecular weight excluding hydrogens is 366 g/mol. The van der Waals surface area contributed by atoms with Gasteiger partial charge in [0, 0.05) is 24.5 Å². The standard InChI is InChI=1S/C19H27N3O4S/c20-11-16(24)21-7-4-19(5-8-21)17-13(3-9-26-19)10-15(27-17)18(25)22-6-1-2-14(22)12-23/h10,14,23H,1-9,11-12,20H2/t14-/m1/s1. The monoisotopic (exact) mass is 393 g/mol. The fourth-order valence-electron chi connectivity index (χ4n) is 4.58. The van der Waals surface area contributed by atoms with Gasteiger partial charge < -0.3 is 25.4 Å². The number of carbonyl (C=O) groups is 2. The average Bonchev–Trinajstić information content (AvgIpc) is 3.35. The third-order valence-electron chi connectivity index (χ3n) is 6.13. The molecule has 27 heavy (non-hydrogen) atoms. The van der Waals surface area contributed by atoms with Crippen molar-refractivity contribution < 1.29 is 19.4 Å². The molecule has 0 aliphatic carbocycles. The maximum Gasteiger partial charge on any atom is 0.264 e. The number of amides is 2. The molecule has 0 aromatic carbocycles. The zero-order valence-electron chi connectivity index (χ0n) is 15.5. The van der Waals surface area contributed by atoms with Crippen molar-refractivity contribution in [3.63, 3.8) is 0 Å². The molecule has 4 heterocycles. The Labute approximate surface area is 163 Å². The van der Waals surface area contributed by atoms with Crippen molar-refractivity contribution in [1.29, 1.82) is 0 Å². The Kier molecular flexibility index (Phi) is 5.24. The van der Waals surface area contributed by atoms with Gasteiger partial charge >= 0.3 is 0 Å². The Balaban J connectivity index is 1.56. The molecule has 0 radical (unpaired) electrons. The molecule has 1 atom stereocenters. The molecule has 0 bridgehead atoms. The second-order valence-electron chi connectivity index (χ2n) is 7.62. The van der Waals surface area contributed by atoms with E-state index in [1.165, 1.54) is 16.9 Å². The minimum atomic E-state index is -0.385. The summed E-state index contributed by atoms with van der Waals surface area (Å²) < 4.78 is 6.23. The minimum Gasteiger partial charge on any atom is -0.394 e. The summed E-state index contributed by atoms with van der Waals surface area (Å²) in [4.78, 5) is 30.4. The lowest BCUT2D eigenvalue weighted by molar-refractivity contribution is -0.138. The molecule has 1 spiro atoms. The zero-order chi connectivity index (χ0) is 19.0.